The minimum absolute atomic E-state index is 1.10. The van der Waals surface area contributed by atoms with E-state index in [2.05, 4.69) is 24.0 Å². The SMILES string of the molecule is CC.CCC(=C1CCC1)c1ccc(C)nc1. The van der Waals surface area contributed by atoms with Crippen LogP contribution in [0.2, 0.25) is 0 Å². The van der Waals surface area contributed by atoms with Crippen LogP contribution in [0.3, 0.4) is 0 Å². The second-order valence-electron chi connectivity index (χ2n) is 3.98. The predicted octanol–water partition coefficient (Wildman–Crippen LogP) is 4.76. The molecule has 0 saturated heterocycles. The average Bonchev–Trinajstić information content (AvgIpc) is 2.27. The van der Waals surface area contributed by atoms with E-state index in [1.165, 1.54) is 30.4 Å². The van der Waals surface area contributed by atoms with Crippen LogP contribution in [0.1, 0.15) is 57.7 Å². The molecule has 0 amide bonds. The molecule has 1 aromatic heterocycles. The number of nitrogens with zero attached hydrogens (tertiary/aromatic N) is 1. The summed E-state index contributed by atoms with van der Waals surface area (Å²) < 4.78 is 0. The standard InChI is InChI=1S/C13H17N.C2H6/c1-3-13(11-5-4-6-11)12-8-7-10(2)14-9-12;1-2/h7-9H,3-6H2,1-2H3;1-2H3. The maximum atomic E-state index is 4.35. The van der Waals surface area contributed by atoms with Gasteiger partial charge in [0.15, 0.2) is 0 Å². The summed E-state index contributed by atoms with van der Waals surface area (Å²) in [6.45, 7) is 8.27. The van der Waals surface area contributed by atoms with Crippen molar-refractivity contribution in [3.05, 3.63) is 35.2 Å². The van der Waals surface area contributed by atoms with E-state index < -0.39 is 0 Å². The van der Waals surface area contributed by atoms with E-state index in [1.807, 2.05) is 27.0 Å². The molecule has 1 fully saturated rings. The smallest absolute Gasteiger partial charge is 0.0373 e. The van der Waals surface area contributed by atoms with Gasteiger partial charge in [-0.15, -0.1) is 0 Å². The predicted molar refractivity (Wildman–Crippen MR) is 71.4 cm³/mol. The van der Waals surface area contributed by atoms with Gasteiger partial charge in [-0.3, -0.25) is 4.98 Å². The van der Waals surface area contributed by atoms with Crippen LogP contribution in [0, 0.1) is 6.92 Å². The Kier molecular flexibility index (Phi) is 5.24. The summed E-state index contributed by atoms with van der Waals surface area (Å²) in [5.41, 5.74) is 5.61. The van der Waals surface area contributed by atoms with Gasteiger partial charge in [-0.25, -0.2) is 0 Å². The molecule has 0 atom stereocenters. The molecule has 1 nitrogen and oxygen atoms in total. The van der Waals surface area contributed by atoms with Crippen LogP contribution < -0.4 is 0 Å². The maximum absolute atomic E-state index is 4.35. The van der Waals surface area contributed by atoms with Crippen LogP contribution >= 0.6 is 0 Å². The normalized spacial score (nSPS) is 13.6. The molecule has 0 aromatic carbocycles. The van der Waals surface area contributed by atoms with Gasteiger partial charge in [0, 0.05) is 11.9 Å². The number of allylic oxidation sites excluding steroid dienone is 2. The Morgan fingerprint density at radius 1 is 1.25 bits per heavy atom. The number of hydrogen-bond donors (Lipinski definition) is 0. The number of aryl methyl sites for hydroxylation is 1. The zero-order valence-corrected chi connectivity index (χ0v) is 11.0. The molecule has 1 aliphatic carbocycles. The number of pyridine rings is 1. The second kappa shape index (κ2) is 6.47. The van der Waals surface area contributed by atoms with Crippen molar-refractivity contribution < 1.29 is 0 Å². The molecular formula is C15H23N. The summed E-state index contributed by atoms with van der Waals surface area (Å²) in [6, 6.07) is 4.30. The Bertz CT molecular complexity index is 340. The largest absolute Gasteiger partial charge is 0.261 e. The van der Waals surface area contributed by atoms with E-state index in [4.69, 9.17) is 0 Å². The van der Waals surface area contributed by atoms with Crippen LogP contribution in [0.25, 0.3) is 5.57 Å². The monoisotopic (exact) mass is 217 g/mol. The van der Waals surface area contributed by atoms with Gasteiger partial charge in [-0.2, -0.15) is 0 Å². The molecule has 0 unspecified atom stereocenters. The van der Waals surface area contributed by atoms with Crippen molar-refractivity contribution in [3.8, 4) is 0 Å². The highest BCUT2D eigenvalue weighted by atomic mass is 14.7. The van der Waals surface area contributed by atoms with E-state index in [0.717, 1.165) is 12.1 Å². The maximum Gasteiger partial charge on any atom is 0.0373 e. The molecule has 1 heteroatoms. The molecule has 0 N–H and O–H groups in total. The van der Waals surface area contributed by atoms with Gasteiger partial charge in [0.25, 0.3) is 0 Å². The molecule has 1 saturated carbocycles. The van der Waals surface area contributed by atoms with Gasteiger partial charge >= 0.3 is 0 Å². The van der Waals surface area contributed by atoms with E-state index in [9.17, 15) is 0 Å². The molecule has 0 aliphatic heterocycles. The number of aromatic nitrogens is 1. The molecule has 88 valence electrons. The highest BCUT2D eigenvalue weighted by Gasteiger charge is 2.14. The minimum Gasteiger partial charge on any atom is -0.261 e. The third-order valence-electron chi connectivity index (χ3n) is 3.00. The van der Waals surface area contributed by atoms with Crippen molar-refractivity contribution in [1.29, 1.82) is 0 Å². The number of hydrogen-bond acceptors (Lipinski definition) is 1. The third-order valence-corrected chi connectivity index (χ3v) is 3.00. The molecule has 0 radical (unpaired) electrons. The zero-order valence-electron chi connectivity index (χ0n) is 11.0. The second-order valence-corrected chi connectivity index (χ2v) is 3.98. The summed E-state index contributed by atoms with van der Waals surface area (Å²) >= 11 is 0. The molecule has 1 heterocycles. The quantitative estimate of drug-likeness (QED) is 0.695. The Hall–Kier alpha value is -1.11. The molecule has 0 bridgehead atoms. The first-order valence-corrected chi connectivity index (χ1v) is 6.45. The topological polar surface area (TPSA) is 12.9 Å². The van der Waals surface area contributed by atoms with Gasteiger partial charge in [-0.05, 0) is 49.8 Å². The summed E-state index contributed by atoms with van der Waals surface area (Å²) in [5, 5.41) is 0. The number of rotatable bonds is 2. The average molecular weight is 217 g/mol. The first-order valence-electron chi connectivity index (χ1n) is 6.45. The lowest BCUT2D eigenvalue weighted by atomic mass is 9.84. The van der Waals surface area contributed by atoms with Crippen LogP contribution in [0.4, 0.5) is 0 Å². The van der Waals surface area contributed by atoms with Crippen LogP contribution in [0.5, 0.6) is 0 Å². The lowest BCUT2D eigenvalue weighted by molar-refractivity contribution is 0.662. The van der Waals surface area contributed by atoms with Crippen LogP contribution in [-0.2, 0) is 0 Å². The van der Waals surface area contributed by atoms with Crippen molar-refractivity contribution in [2.45, 2.75) is 53.4 Å². The van der Waals surface area contributed by atoms with Crippen LogP contribution in [0.15, 0.2) is 23.9 Å². The van der Waals surface area contributed by atoms with Crippen molar-refractivity contribution in [1.82, 2.24) is 4.98 Å². The van der Waals surface area contributed by atoms with Crippen molar-refractivity contribution in [3.63, 3.8) is 0 Å². The Morgan fingerprint density at radius 2 is 1.94 bits per heavy atom. The fourth-order valence-corrected chi connectivity index (χ4v) is 1.96. The molecule has 0 spiro atoms. The van der Waals surface area contributed by atoms with Gasteiger partial charge < -0.3 is 0 Å². The Balaban J connectivity index is 0.000000606. The fraction of sp³-hybridized carbons (Fsp3) is 0.533. The van der Waals surface area contributed by atoms with Gasteiger partial charge in [0.05, 0.1) is 0 Å². The van der Waals surface area contributed by atoms with Gasteiger partial charge in [0.1, 0.15) is 0 Å². The molecule has 2 rings (SSSR count). The van der Waals surface area contributed by atoms with Gasteiger partial charge in [-0.1, -0.05) is 32.4 Å². The van der Waals surface area contributed by atoms with Crippen molar-refractivity contribution >= 4 is 5.57 Å². The third kappa shape index (κ3) is 2.94. The summed E-state index contributed by atoms with van der Waals surface area (Å²) in [7, 11) is 0. The zero-order chi connectivity index (χ0) is 12.0. The lowest BCUT2D eigenvalue weighted by Gasteiger charge is -2.21. The first kappa shape index (κ1) is 13.0. The summed E-state index contributed by atoms with van der Waals surface area (Å²) in [6.07, 6.45) is 7.13. The van der Waals surface area contributed by atoms with E-state index >= 15 is 0 Å². The first-order chi connectivity index (χ1) is 7.81. The van der Waals surface area contributed by atoms with Gasteiger partial charge in [0.2, 0.25) is 0 Å². The molecule has 16 heavy (non-hydrogen) atoms. The highest BCUT2D eigenvalue weighted by Crippen LogP contribution is 2.34. The summed E-state index contributed by atoms with van der Waals surface area (Å²) in [4.78, 5) is 4.35. The van der Waals surface area contributed by atoms with E-state index in [-0.39, 0.29) is 0 Å². The Labute approximate surface area is 99.6 Å². The molecular weight excluding hydrogens is 194 g/mol. The molecule has 1 aromatic rings. The summed E-state index contributed by atoms with van der Waals surface area (Å²) in [5.74, 6) is 0. The van der Waals surface area contributed by atoms with Crippen molar-refractivity contribution in [2.24, 2.45) is 0 Å². The molecule has 1 aliphatic rings. The Morgan fingerprint density at radius 3 is 2.31 bits per heavy atom. The minimum atomic E-state index is 1.10. The van der Waals surface area contributed by atoms with Crippen LogP contribution in [-0.4, -0.2) is 4.98 Å². The van der Waals surface area contributed by atoms with Crippen molar-refractivity contribution in [2.75, 3.05) is 0 Å². The van der Waals surface area contributed by atoms with E-state index in [1.54, 1.807) is 5.57 Å². The lowest BCUT2D eigenvalue weighted by Crippen LogP contribution is -2.01. The van der Waals surface area contributed by atoms with E-state index in [0.29, 0.717) is 0 Å². The highest BCUT2D eigenvalue weighted by molar-refractivity contribution is 5.68. The fourth-order valence-electron chi connectivity index (χ4n) is 1.96.